The Kier molecular flexibility index (Phi) is 4.02. The summed E-state index contributed by atoms with van der Waals surface area (Å²) in [6.45, 7) is 4.38. The minimum Gasteiger partial charge on any atom is -0.301 e. The first-order valence-corrected chi connectivity index (χ1v) is 8.14. The summed E-state index contributed by atoms with van der Waals surface area (Å²) in [5, 5.41) is 0. The van der Waals surface area contributed by atoms with E-state index in [1.54, 1.807) is 0 Å². The molecule has 2 unspecified atom stereocenters. The van der Waals surface area contributed by atoms with Crippen molar-refractivity contribution >= 4 is 11.6 Å². The number of benzene rings is 2. The van der Waals surface area contributed by atoms with E-state index in [0.717, 1.165) is 24.9 Å². The van der Waals surface area contributed by atoms with Crippen molar-refractivity contribution in [1.29, 1.82) is 0 Å². The number of amides is 1. The minimum atomic E-state index is -0.241. The maximum Gasteiger partial charge on any atom is 0.233 e. The van der Waals surface area contributed by atoms with E-state index in [9.17, 15) is 4.79 Å². The molecule has 0 spiro atoms. The molecule has 1 amide bonds. The molecule has 1 heterocycles. The van der Waals surface area contributed by atoms with Crippen LogP contribution >= 0.6 is 0 Å². The molecule has 2 atom stereocenters. The Balaban J connectivity index is 2.01. The van der Waals surface area contributed by atoms with Gasteiger partial charge in [-0.1, -0.05) is 68.3 Å². The van der Waals surface area contributed by atoms with Gasteiger partial charge >= 0.3 is 0 Å². The summed E-state index contributed by atoms with van der Waals surface area (Å²) in [7, 11) is 0. The van der Waals surface area contributed by atoms with Crippen molar-refractivity contribution in [2.45, 2.75) is 38.6 Å². The van der Waals surface area contributed by atoms with Gasteiger partial charge in [0.2, 0.25) is 5.91 Å². The number of β-lactam (4-membered cyclic amide) rings is 1. The van der Waals surface area contributed by atoms with Crippen molar-refractivity contribution in [2.24, 2.45) is 5.92 Å². The summed E-state index contributed by atoms with van der Waals surface area (Å²) >= 11 is 0. The van der Waals surface area contributed by atoms with Crippen molar-refractivity contribution in [3.63, 3.8) is 0 Å². The molecule has 0 N–H and O–H groups in total. The summed E-state index contributed by atoms with van der Waals surface area (Å²) in [4.78, 5) is 14.8. The molecule has 1 aliphatic heterocycles. The van der Waals surface area contributed by atoms with Crippen molar-refractivity contribution in [2.75, 3.05) is 4.90 Å². The molecular weight excluding hydrogens is 270 g/mol. The predicted octanol–water partition coefficient (Wildman–Crippen LogP) is 4.76. The number of carbonyl (C=O) groups excluding carboxylic acids is 1. The van der Waals surface area contributed by atoms with E-state index in [1.165, 1.54) is 5.56 Å². The number of hydrogen-bond donors (Lipinski definition) is 0. The number of hydrogen-bond acceptors (Lipinski definition) is 1. The molecular formula is C20H23NO. The normalized spacial score (nSPS) is 24.2. The molecule has 2 aromatic carbocycles. The zero-order valence-corrected chi connectivity index (χ0v) is 13.3. The van der Waals surface area contributed by atoms with Crippen LogP contribution in [0.25, 0.3) is 0 Å². The number of rotatable bonds is 5. The Morgan fingerprint density at radius 3 is 2.18 bits per heavy atom. The molecule has 3 rings (SSSR count). The number of para-hydroxylation sites is 1. The van der Waals surface area contributed by atoms with Gasteiger partial charge in [-0.2, -0.15) is 0 Å². The largest absolute Gasteiger partial charge is 0.301 e. The van der Waals surface area contributed by atoms with Crippen LogP contribution in [0, 0.1) is 5.92 Å². The maximum atomic E-state index is 12.8. The first-order chi connectivity index (χ1) is 10.7. The van der Waals surface area contributed by atoms with Crippen LogP contribution in [-0.4, -0.2) is 5.91 Å². The highest BCUT2D eigenvalue weighted by Gasteiger charge is 2.57. The van der Waals surface area contributed by atoms with Gasteiger partial charge in [-0.3, -0.25) is 4.79 Å². The van der Waals surface area contributed by atoms with Crippen LogP contribution in [0.2, 0.25) is 0 Å². The lowest BCUT2D eigenvalue weighted by Crippen LogP contribution is -2.67. The van der Waals surface area contributed by atoms with Gasteiger partial charge in [-0.05, 0) is 31.0 Å². The lowest BCUT2D eigenvalue weighted by Gasteiger charge is -2.56. The van der Waals surface area contributed by atoms with E-state index in [4.69, 9.17) is 0 Å². The van der Waals surface area contributed by atoms with Gasteiger partial charge in [0.15, 0.2) is 0 Å². The van der Waals surface area contributed by atoms with Crippen molar-refractivity contribution in [3.8, 4) is 0 Å². The molecule has 0 saturated carbocycles. The van der Waals surface area contributed by atoms with E-state index in [-0.39, 0.29) is 17.4 Å². The Labute approximate surface area is 132 Å². The van der Waals surface area contributed by atoms with Gasteiger partial charge in [-0.25, -0.2) is 0 Å². The SMILES string of the molecule is CCCCC1C(=O)N(c2ccccc2)C1(C)c1ccccc1. The molecule has 2 heteroatoms. The number of unbranched alkanes of at least 4 members (excludes halogenated alkanes) is 1. The summed E-state index contributed by atoms with van der Waals surface area (Å²) in [6, 6.07) is 20.4. The van der Waals surface area contributed by atoms with Crippen molar-refractivity contribution in [1.82, 2.24) is 0 Å². The van der Waals surface area contributed by atoms with Crippen LogP contribution in [0.4, 0.5) is 5.69 Å². The number of nitrogens with zero attached hydrogens (tertiary/aromatic N) is 1. The zero-order valence-electron chi connectivity index (χ0n) is 13.3. The van der Waals surface area contributed by atoms with Gasteiger partial charge in [0.05, 0.1) is 11.5 Å². The molecule has 22 heavy (non-hydrogen) atoms. The fraction of sp³-hybridized carbons (Fsp3) is 0.350. The molecule has 2 aromatic rings. The second-order valence-corrected chi connectivity index (χ2v) is 6.22. The molecule has 0 aromatic heterocycles. The van der Waals surface area contributed by atoms with Crippen LogP contribution in [0.3, 0.4) is 0 Å². The van der Waals surface area contributed by atoms with Crippen molar-refractivity contribution in [3.05, 3.63) is 66.2 Å². The zero-order chi connectivity index (χ0) is 15.6. The summed E-state index contributed by atoms with van der Waals surface area (Å²) < 4.78 is 0. The molecule has 114 valence electrons. The van der Waals surface area contributed by atoms with E-state index in [2.05, 4.69) is 38.1 Å². The molecule has 0 bridgehead atoms. The average molecular weight is 293 g/mol. The minimum absolute atomic E-state index is 0.0788. The van der Waals surface area contributed by atoms with Gasteiger partial charge < -0.3 is 4.90 Å². The monoisotopic (exact) mass is 293 g/mol. The maximum absolute atomic E-state index is 12.8. The standard InChI is InChI=1S/C20H23NO/c1-3-4-15-18-19(22)21(17-13-9-6-10-14-17)20(18,2)16-11-7-5-8-12-16/h5-14,18H,3-4,15H2,1-2H3. The summed E-state index contributed by atoms with van der Waals surface area (Å²) in [6.07, 6.45) is 3.19. The Morgan fingerprint density at radius 1 is 1.00 bits per heavy atom. The highest BCUT2D eigenvalue weighted by molar-refractivity contribution is 6.04. The second kappa shape index (κ2) is 5.96. The highest BCUT2D eigenvalue weighted by atomic mass is 16.2. The Morgan fingerprint density at radius 2 is 1.59 bits per heavy atom. The van der Waals surface area contributed by atoms with Crippen LogP contribution < -0.4 is 4.90 Å². The van der Waals surface area contributed by atoms with Gasteiger partial charge in [-0.15, -0.1) is 0 Å². The highest BCUT2D eigenvalue weighted by Crippen LogP contribution is 2.50. The third-order valence-electron chi connectivity index (χ3n) is 4.88. The first-order valence-electron chi connectivity index (χ1n) is 8.14. The van der Waals surface area contributed by atoms with Gasteiger partial charge in [0.1, 0.15) is 0 Å². The predicted molar refractivity (Wildman–Crippen MR) is 90.7 cm³/mol. The molecule has 0 aliphatic carbocycles. The summed E-state index contributed by atoms with van der Waals surface area (Å²) in [5.41, 5.74) is 1.97. The van der Waals surface area contributed by atoms with Crippen LogP contribution in [0.15, 0.2) is 60.7 Å². The van der Waals surface area contributed by atoms with Crippen LogP contribution in [-0.2, 0) is 10.3 Å². The molecule has 1 saturated heterocycles. The molecule has 0 radical (unpaired) electrons. The lowest BCUT2D eigenvalue weighted by molar-refractivity contribution is -0.135. The molecule has 2 nitrogen and oxygen atoms in total. The van der Waals surface area contributed by atoms with E-state index in [1.807, 2.05) is 41.3 Å². The molecule has 1 aliphatic rings. The first kappa shape index (κ1) is 14.8. The lowest BCUT2D eigenvalue weighted by atomic mass is 9.67. The van der Waals surface area contributed by atoms with Crippen molar-refractivity contribution < 1.29 is 4.79 Å². The fourth-order valence-corrected chi connectivity index (χ4v) is 3.61. The third-order valence-corrected chi connectivity index (χ3v) is 4.88. The quantitative estimate of drug-likeness (QED) is 0.728. The number of carbonyl (C=O) groups is 1. The third kappa shape index (κ3) is 2.23. The average Bonchev–Trinajstić information content (AvgIpc) is 2.57. The van der Waals surface area contributed by atoms with E-state index < -0.39 is 0 Å². The fourth-order valence-electron chi connectivity index (χ4n) is 3.61. The van der Waals surface area contributed by atoms with E-state index in [0.29, 0.717) is 0 Å². The summed E-state index contributed by atoms with van der Waals surface area (Å²) in [5.74, 6) is 0.334. The Hall–Kier alpha value is -2.09. The molecule has 1 fully saturated rings. The van der Waals surface area contributed by atoms with E-state index >= 15 is 0 Å². The van der Waals surface area contributed by atoms with Crippen LogP contribution in [0.5, 0.6) is 0 Å². The smallest absolute Gasteiger partial charge is 0.233 e. The Bertz CT molecular complexity index is 637. The van der Waals surface area contributed by atoms with Crippen LogP contribution in [0.1, 0.15) is 38.7 Å². The van der Waals surface area contributed by atoms with Gasteiger partial charge in [0.25, 0.3) is 0 Å². The topological polar surface area (TPSA) is 20.3 Å². The second-order valence-electron chi connectivity index (χ2n) is 6.22. The number of anilines is 1. The van der Waals surface area contributed by atoms with Gasteiger partial charge in [0, 0.05) is 5.69 Å².